The van der Waals surface area contributed by atoms with Crippen molar-refractivity contribution in [2.45, 2.75) is 26.2 Å². The SMILES string of the molecule is CC(C)(C)c1ccc(F)c(N=C=S)c1. The number of isothiocyanates is 1. The molecule has 1 rings (SSSR count). The van der Waals surface area contributed by atoms with E-state index in [9.17, 15) is 4.39 Å². The third-order valence-corrected chi connectivity index (χ3v) is 2.07. The van der Waals surface area contributed by atoms with Gasteiger partial charge in [0.25, 0.3) is 0 Å². The minimum Gasteiger partial charge on any atom is -0.205 e. The van der Waals surface area contributed by atoms with Crippen molar-refractivity contribution in [1.29, 1.82) is 0 Å². The molecule has 3 heteroatoms. The molecule has 14 heavy (non-hydrogen) atoms. The normalized spacial score (nSPS) is 10.9. The Morgan fingerprint density at radius 1 is 1.36 bits per heavy atom. The first-order valence-corrected chi connectivity index (χ1v) is 4.74. The van der Waals surface area contributed by atoms with E-state index < -0.39 is 0 Å². The predicted molar refractivity (Wildman–Crippen MR) is 59.8 cm³/mol. The Labute approximate surface area is 88.7 Å². The molecular formula is C11H12FNS. The molecule has 0 aliphatic rings. The number of nitrogens with zero attached hydrogens (tertiary/aromatic N) is 1. The molecule has 0 N–H and O–H groups in total. The maximum atomic E-state index is 13.2. The monoisotopic (exact) mass is 209 g/mol. The van der Waals surface area contributed by atoms with E-state index in [0.29, 0.717) is 0 Å². The first-order chi connectivity index (χ1) is 6.45. The van der Waals surface area contributed by atoms with E-state index in [0.717, 1.165) is 5.56 Å². The highest BCUT2D eigenvalue weighted by atomic mass is 32.1. The van der Waals surface area contributed by atoms with Crippen LogP contribution >= 0.6 is 12.2 Å². The number of benzene rings is 1. The number of halogens is 1. The zero-order chi connectivity index (χ0) is 10.8. The van der Waals surface area contributed by atoms with Crippen molar-refractivity contribution >= 4 is 23.1 Å². The molecule has 1 aromatic carbocycles. The zero-order valence-corrected chi connectivity index (χ0v) is 9.28. The molecule has 0 unspecified atom stereocenters. The quantitative estimate of drug-likeness (QED) is 0.505. The Hall–Kier alpha value is -1.05. The van der Waals surface area contributed by atoms with Gasteiger partial charge in [0, 0.05) is 0 Å². The molecule has 0 atom stereocenters. The zero-order valence-electron chi connectivity index (χ0n) is 8.47. The first-order valence-electron chi connectivity index (χ1n) is 4.33. The molecule has 0 aliphatic carbocycles. The summed E-state index contributed by atoms with van der Waals surface area (Å²) in [6, 6.07) is 4.87. The summed E-state index contributed by atoms with van der Waals surface area (Å²) in [4.78, 5) is 3.67. The summed E-state index contributed by atoms with van der Waals surface area (Å²) in [7, 11) is 0. The van der Waals surface area contributed by atoms with Crippen LogP contribution in [-0.4, -0.2) is 5.16 Å². The van der Waals surface area contributed by atoms with E-state index in [1.165, 1.54) is 6.07 Å². The molecule has 0 amide bonds. The molecule has 74 valence electrons. The summed E-state index contributed by atoms with van der Waals surface area (Å²) in [5.74, 6) is -0.365. The predicted octanol–water partition coefficient (Wildman–Crippen LogP) is 3.86. The van der Waals surface area contributed by atoms with Crippen molar-refractivity contribution in [3.05, 3.63) is 29.6 Å². The second-order valence-corrected chi connectivity index (χ2v) is 4.30. The number of thiocarbonyl (C=S) groups is 1. The fraction of sp³-hybridized carbons (Fsp3) is 0.364. The second-order valence-electron chi connectivity index (χ2n) is 4.12. The summed E-state index contributed by atoms with van der Waals surface area (Å²) in [6.45, 7) is 6.18. The van der Waals surface area contributed by atoms with Crippen LogP contribution < -0.4 is 0 Å². The van der Waals surface area contributed by atoms with Gasteiger partial charge >= 0.3 is 0 Å². The topological polar surface area (TPSA) is 12.4 Å². The lowest BCUT2D eigenvalue weighted by Crippen LogP contribution is -2.10. The number of aliphatic imine (C=N–C) groups is 1. The van der Waals surface area contributed by atoms with Gasteiger partial charge in [-0.15, -0.1) is 0 Å². The van der Waals surface area contributed by atoms with Crippen LogP contribution in [-0.2, 0) is 5.41 Å². The molecule has 0 aromatic heterocycles. The van der Waals surface area contributed by atoms with Crippen LogP contribution in [0.4, 0.5) is 10.1 Å². The Morgan fingerprint density at radius 3 is 2.50 bits per heavy atom. The van der Waals surface area contributed by atoms with Crippen molar-refractivity contribution in [3.8, 4) is 0 Å². The molecule has 0 radical (unpaired) electrons. The highest BCUT2D eigenvalue weighted by Gasteiger charge is 2.15. The van der Waals surface area contributed by atoms with E-state index >= 15 is 0 Å². The molecule has 0 spiro atoms. The van der Waals surface area contributed by atoms with Gasteiger partial charge in [-0.2, -0.15) is 4.99 Å². The molecule has 0 saturated carbocycles. The highest BCUT2D eigenvalue weighted by molar-refractivity contribution is 7.78. The van der Waals surface area contributed by atoms with Crippen LogP contribution in [0.1, 0.15) is 26.3 Å². The minimum absolute atomic E-state index is 0.0145. The summed E-state index contributed by atoms with van der Waals surface area (Å²) in [5.41, 5.74) is 1.27. The minimum atomic E-state index is -0.365. The summed E-state index contributed by atoms with van der Waals surface area (Å²) in [6.07, 6.45) is 0. The van der Waals surface area contributed by atoms with Gasteiger partial charge in [-0.25, -0.2) is 4.39 Å². The van der Waals surface area contributed by atoms with Crippen molar-refractivity contribution in [2.24, 2.45) is 4.99 Å². The standard InChI is InChI=1S/C11H12FNS/c1-11(2,3)8-4-5-9(12)10(6-8)13-7-14/h4-6H,1-3H3. The van der Waals surface area contributed by atoms with Crippen LogP contribution in [0, 0.1) is 5.82 Å². The smallest absolute Gasteiger partial charge is 0.149 e. The molecule has 0 aliphatic heterocycles. The van der Waals surface area contributed by atoms with E-state index in [1.807, 2.05) is 0 Å². The van der Waals surface area contributed by atoms with E-state index in [1.54, 1.807) is 12.1 Å². The second kappa shape index (κ2) is 3.99. The summed E-state index contributed by atoms with van der Waals surface area (Å²) >= 11 is 4.45. The van der Waals surface area contributed by atoms with Gasteiger partial charge in [-0.3, -0.25) is 0 Å². The van der Waals surface area contributed by atoms with E-state index in [4.69, 9.17) is 0 Å². The third-order valence-electron chi connectivity index (χ3n) is 1.98. The van der Waals surface area contributed by atoms with Crippen LogP contribution in [0.3, 0.4) is 0 Å². The average Bonchev–Trinajstić information content (AvgIpc) is 2.07. The Balaban J connectivity index is 3.26. The highest BCUT2D eigenvalue weighted by Crippen LogP contribution is 2.27. The van der Waals surface area contributed by atoms with Crippen molar-refractivity contribution in [2.75, 3.05) is 0 Å². The molecule has 0 saturated heterocycles. The molecule has 0 fully saturated rings. The number of rotatable bonds is 1. The Kier molecular flexibility index (Phi) is 3.14. The lowest BCUT2D eigenvalue weighted by molar-refractivity contribution is 0.583. The average molecular weight is 209 g/mol. The van der Waals surface area contributed by atoms with E-state index in [2.05, 4.69) is 43.1 Å². The van der Waals surface area contributed by atoms with Crippen LogP contribution in [0.2, 0.25) is 0 Å². The molecule has 1 nitrogen and oxygen atoms in total. The Bertz CT molecular complexity index is 387. The van der Waals surface area contributed by atoms with Crippen LogP contribution in [0.15, 0.2) is 23.2 Å². The maximum absolute atomic E-state index is 13.2. The summed E-state index contributed by atoms with van der Waals surface area (Å²) < 4.78 is 13.2. The van der Waals surface area contributed by atoms with Gasteiger partial charge in [0.05, 0.1) is 5.16 Å². The Morgan fingerprint density at radius 2 is 2.00 bits per heavy atom. The van der Waals surface area contributed by atoms with Crippen LogP contribution in [0.5, 0.6) is 0 Å². The first kappa shape index (κ1) is 11.0. The van der Waals surface area contributed by atoms with Gasteiger partial charge in [0.15, 0.2) is 0 Å². The number of hydrogen-bond donors (Lipinski definition) is 0. The van der Waals surface area contributed by atoms with Crippen molar-refractivity contribution < 1.29 is 4.39 Å². The molecular weight excluding hydrogens is 197 g/mol. The van der Waals surface area contributed by atoms with Gasteiger partial charge in [0.1, 0.15) is 11.5 Å². The van der Waals surface area contributed by atoms with Crippen LogP contribution in [0.25, 0.3) is 0 Å². The maximum Gasteiger partial charge on any atom is 0.149 e. The van der Waals surface area contributed by atoms with Gasteiger partial charge in [0.2, 0.25) is 0 Å². The summed E-state index contributed by atoms with van der Waals surface area (Å²) in [5, 5.41) is 2.17. The fourth-order valence-electron chi connectivity index (χ4n) is 1.11. The largest absolute Gasteiger partial charge is 0.205 e. The molecule has 0 heterocycles. The molecule has 1 aromatic rings. The third kappa shape index (κ3) is 2.47. The van der Waals surface area contributed by atoms with Crippen molar-refractivity contribution in [1.82, 2.24) is 0 Å². The lowest BCUT2D eigenvalue weighted by atomic mass is 9.87. The lowest BCUT2D eigenvalue weighted by Gasteiger charge is -2.19. The van der Waals surface area contributed by atoms with E-state index in [-0.39, 0.29) is 16.9 Å². The number of hydrogen-bond acceptors (Lipinski definition) is 2. The van der Waals surface area contributed by atoms with Crippen molar-refractivity contribution in [3.63, 3.8) is 0 Å². The molecule has 0 bridgehead atoms. The van der Waals surface area contributed by atoms with Gasteiger partial charge in [-0.1, -0.05) is 26.8 Å². The fourth-order valence-corrected chi connectivity index (χ4v) is 1.21. The van der Waals surface area contributed by atoms with Gasteiger partial charge < -0.3 is 0 Å². The van der Waals surface area contributed by atoms with Gasteiger partial charge in [-0.05, 0) is 35.3 Å².